The van der Waals surface area contributed by atoms with E-state index in [2.05, 4.69) is 0 Å². The molecule has 0 fully saturated rings. The van der Waals surface area contributed by atoms with Gasteiger partial charge in [-0.1, -0.05) is 13.8 Å². The third-order valence-electron chi connectivity index (χ3n) is 3.14. The summed E-state index contributed by atoms with van der Waals surface area (Å²) >= 11 is 0. The number of phenols is 1. The van der Waals surface area contributed by atoms with Crippen LogP contribution in [0.1, 0.15) is 69.8 Å². The molecule has 1 aromatic carbocycles. The van der Waals surface area contributed by atoms with Crippen LogP contribution in [0.5, 0.6) is 11.5 Å². The highest BCUT2D eigenvalue weighted by atomic mass is 16.6. The van der Waals surface area contributed by atoms with E-state index in [1.165, 1.54) is 13.0 Å². The van der Waals surface area contributed by atoms with Crippen LogP contribution in [-0.2, 0) is 9.53 Å². The third kappa shape index (κ3) is 4.76. The number of hydrogen-bond acceptors (Lipinski definition) is 5. The Kier molecular flexibility index (Phi) is 5.58. The molecular weight excluding hydrogens is 284 g/mol. The number of hydrogen-bond donors (Lipinski definition) is 1. The Morgan fingerprint density at radius 1 is 1.27 bits per heavy atom. The van der Waals surface area contributed by atoms with Crippen LogP contribution >= 0.6 is 0 Å². The lowest BCUT2D eigenvalue weighted by atomic mass is 9.96. The highest BCUT2D eigenvalue weighted by Crippen LogP contribution is 2.36. The van der Waals surface area contributed by atoms with Gasteiger partial charge in [-0.3, -0.25) is 4.79 Å². The molecule has 1 rings (SSSR count). The summed E-state index contributed by atoms with van der Waals surface area (Å²) in [5.41, 5.74) is 0.157. The molecule has 1 N–H and O–H groups in total. The molecular formula is C17H24O5. The van der Waals surface area contributed by atoms with E-state index in [0.29, 0.717) is 0 Å². The Hall–Kier alpha value is -2.04. The summed E-state index contributed by atoms with van der Waals surface area (Å²) in [7, 11) is 0. The van der Waals surface area contributed by atoms with Crippen LogP contribution in [0.2, 0.25) is 0 Å². The van der Waals surface area contributed by atoms with Crippen LogP contribution in [0, 0.1) is 0 Å². The van der Waals surface area contributed by atoms with E-state index in [-0.39, 0.29) is 23.0 Å². The van der Waals surface area contributed by atoms with Crippen molar-refractivity contribution in [2.24, 2.45) is 0 Å². The predicted molar refractivity (Wildman–Crippen MR) is 83.3 cm³/mol. The van der Waals surface area contributed by atoms with Gasteiger partial charge in [0.15, 0.2) is 11.5 Å². The minimum atomic E-state index is -0.688. The summed E-state index contributed by atoms with van der Waals surface area (Å²) in [6.45, 7) is 10.4. The smallest absolute Gasteiger partial charge is 0.342 e. The van der Waals surface area contributed by atoms with E-state index in [1.54, 1.807) is 26.8 Å². The number of benzene rings is 1. The Labute approximate surface area is 131 Å². The lowest BCUT2D eigenvalue weighted by molar-refractivity contribution is -0.132. The molecule has 5 nitrogen and oxygen atoms in total. The van der Waals surface area contributed by atoms with Crippen molar-refractivity contribution in [2.45, 2.75) is 59.5 Å². The summed E-state index contributed by atoms with van der Waals surface area (Å²) < 4.78 is 10.3. The van der Waals surface area contributed by atoms with Crippen molar-refractivity contribution in [1.82, 2.24) is 0 Å². The molecule has 0 heterocycles. The predicted octanol–water partition coefficient (Wildman–Crippen LogP) is 3.79. The van der Waals surface area contributed by atoms with Gasteiger partial charge in [0, 0.05) is 6.92 Å². The van der Waals surface area contributed by atoms with Crippen LogP contribution in [0.4, 0.5) is 0 Å². The Balaban J connectivity index is 3.38. The van der Waals surface area contributed by atoms with Crippen molar-refractivity contribution in [3.05, 3.63) is 23.3 Å². The molecule has 0 saturated carbocycles. The highest BCUT2D eigenvalue weighted by Gasteiger charge is 2.25. The van der Waals surface area contributed by atoms with Gasteiger partial charge in [0.2, 0.25) is 0 Å². The Morgan fingerprint density at radius 3 is 2.32 bits per heavy atom. The number of carbonyl (C=O) groups is 2. The largest absolute Gasteiger partial charge is 0.504 e. The second-order valence-corrected chi connectivity index (χ2v) is 6.32. The molecule has 0 aromatic heterocycles. The first-order valence-electron chi connectivity index (χ1n) is 7.33. The molecule has 1 unspecified atom stereocenters. The van der Waals surface area contributed by atoms with Gasteiger partial charge < -0.3 is 14.6 Å². The third-order valence-corrected chi connectivity index (χ3v) is 3.14. The summed E-state index contributed by atoms with van der Waals surface area (Å²) in [4.78, 5) is 23.6. The van der Waals surface area contributed by atoms with Gasteiger partial charge in [0.05, 0.1) is 0 Å². The second kappa shape index (κ2) is 6.81. The quantitative estimate of drug-likeness (QED) is 0.677. The molecule has 1 aromatic rings. The number of ether oxygens (including phenoxy) is 2. The van der Waals surface area contributed by atoms with Gasteiger partial charge in [-0.05, 0) is 50.8 Å². The molecule has 0 amide bonds. The van der Waals surface area contributed by atoms with Crippen molar-refractivity contribution in [2.75, 3.05) is 0 Å². The zero-order valence-corrected chi connectivity index (χ0v) is 14.0. The number of esters is 2. The fraction of sp³-hybridized carbons (Fsp3) is 0.529. The molecule has 0 radical (unpaired) electrons. The van der Waals surface area contributed by atoms with Crippen molar-refractivity contribution in [1.29, 1.82) is 0 Å². The van der Waals surface area contributed by atoms with Crippen LogP contribution < -0.4 is 4.74 Å². The lowest BCUT2D eigenvalue weighted by Crippen LogP contribution is -2.24. The fourth-order valence-electron chi connectivity index (χ4n) is 1.89. The van der Waals surface area contributed by atoms with E-state index in [1.807, 2.05) is 13.8 Å². The van der Waals surface area contributed by atoms with Gasteiger partial charge in [-0.2, -0.15) is 0 Å². The molecule has 1 atom stereocenters. The van der Waals surface area contributed by atoms with Crippen molar-refractivity contribution < 1.29 is 24.2 Å². The molecule has 0 aliphatic rings. The standard InChI is InChI=1S/C17H24O5/c1-7-10(2)12-8-13(16(20)22-17(4,5)6)15(14(19)9-12)21-11(3)18/h8-10,19H,7H2,1-6H3. The van der Waals surface area contributed by atoms with E-state index >= 15 is 0 Å². The molecule has 0 bridgehead atoms. The van der Waals surface area contributed by atoms with Crippen LogP contribution in [0.25, 0.3) is 0 Å². The molecule has 122 valence electrons. The lowest BCUT2D eigenvalue weighted by Gasteiger charge is -2.21. The monoisotopic (exact) mass is 308 g/mol. The van der Waals surface area contributed by atoms with Gasteiger partial charge in [0.25, 0.3) is 0 Å². The van der Waals surface area contributed by atoms with Crippen LogP contribution in [0.3, 0.4) is 0 Å². The zero-order chi connectivity index (χ0) is 17.1. The number of carbonyl (C=O) groups excluding carboxylic acids is 2. The van der Waals surface area contributed by atoms with Gasteiger partial charge >= 0.3 is 11.9 Å². The fourth-order valence-corrected chi connectivity index (χ4v) is 1.89. The van der Waals surface area contributed by atoms with E-state index < -0.39 is 17.5 Å². The zero-order valence-electron chi connectivity index (χ0n) is 14.0. The molecule has 0 spiro atoms. The van der Waals surface area contributed by atoms with Gasteiger partial charge in [-0.25, -0.2) is 4.79 Å². The van der Waals surface area contributed by atoms with Gasteiger partial charge in [0.1, 0.15) is 11.2 Å². The molecule has 22 heavy (non-hydrogen) atoms. The summed E-state index contributed by atoms with van der Waals surface area (Å²) in [6.07, 6.45) is 0.847. The van der Waals surface area contributed by atoms with Crippen molar-refractivity contribution in [3.8, 4) is 11.5 Å². The van der Waals surface area contributed by atoms with Crippen LogP contribution in [-0.4, -0.2) is 22.6 Å². The van der Waals surface area contributed by atoms with E-state index in [0.717, 1.165) is 12.0 Å². The normalized spacial score (nSPS) is 12.6. The summed E-state index contributed by atoms with van der Waals surface area (Å²) in [5.74, 6) is -1.50. The maximum absolute atomic E-state index is 12.4. The number of phenolic OH excluding ortho intramolecular Hbond substituents is 1. The summed E-state index contributed by atoms with van der Waals surface area (Å²) in [5, 5.41) is 10.1. The maximum Gasteiger partial charge on any atom is 0.342 e. The minimum Gasteiger partial charge on any atom is -0.504 e. The molecule has 0 aliphatic heterocycles. The van der Waals surface area contributed by atoms with Crippen molar-refractivity contribution >= 4 is 11.9 Å². The van der Waals surface area contributed by atoms with Crippen LogP contribution in [0.15, 0.2) is 12.1 Å². The molecule has 0 saturated heterocycles. The first-order valence-corrected chi connectivity index (χ1v) is 7.33. The topological polar surface area (TPSA) is 72.8 Å². The highest BCUT2D eigenvalue weighted by molar-refractivity contribution is 5.95. The first kappa shape index (κ1) is 18.0. The average molecular weight is 308 g/mol. The Morgan fingerprint density at radius 2 is 1.86 bits per heavy atom. The second-order valence-electron chi connectivity index (χ2n) is 6.32. The number of aromatic hydroxyl groups is 1. The average Bonchev–Trinajstić information content (AvgIpc) is 2.37. The maximum atomic E-state index is 12.4. The molecule has 5 heteroatoms. The SMILES string of the molecule is CCC(C)c1cc(O)c(OC(C)=O)c(C(=O)OC(C)(C)C)c1. The van der Waals surface area contributed by atoms with Crippen molar-refractivity contribution in [3.63, 3.8) is 0 Å². The van der Waals surface area contributed by atoms with Gasteiger partial charge in [-0.15, -0.1) is 0 Å². The molecule has 0 aliphatic carbocycles. The van der Waals surface area contributed by atoms with E-state index in [4.69, 9.17) is 9.47 Å². The Bertz CT molecular complexity index is 569. The minimum absolute atomic E-state index is 0.0559. The van der Waals surface area contributed by atoms with E-state index in [9.17, 15) is 14.7 Å². The first-order chi connectivity index (χ1) is 10.0. The summed E-state index contributed by atoms with van der Waals surface area (Å²) in [6, 6.07) is 3.13. The number of rotatable bonds is 4.